The van der Waals surface area contributed by atoms with Gasteiger partial charge in [-0.1, -0.05) is 36.6 Å². The molecule has 2 rings (SSSR count). The molecule has 0 aliphatic heterocycles. The summed E-state index contributed by atoms with van der Waals surface area (Å²) in [5.74, 6) is -0.339. The summed E-state index contributed by atoms with van der Waals surface area (Å²) in [6.07, 6.45) is 8.29. The molecule has 1 aromatic rings. The second-order valence-corrected chi connectivity index (χ2v) is 7.80. The molecule has 1 aliphatic carbocycles. The predicted octanol–water partition coefficient (Wildman–Crippen LogP) is 4.55. The molecule has 0 saturated heterocycles. The van der Waals surface area contributed by atoms with E-state index in [1.54, 1.807) is 6.07 Å². The fourth-order valence-corrected chi connectivity index (χ4v) is 3.00. The van der Waals surface area contributed by atoms with Crippen LogP contribution in [0.3, 0.4) is 0 Å². The van der Waals surface area contributed by atoms with Crippen molar-refractivity contribution in [3.05, 3.63) is 47.0 Å². The highest BCUT2D eigenvalue weighted by Gasteiger charge is 2.30. The van der Waals surface area contributed by atoms with Crippen molar-refractivity contribution in [2.24, 2.45) is 0 Å². The number of amides is 2. The van der Waals surface area contributed by atoms with Gasteiger partial charge < -0.3 is 0 Å². The molecular weight excluding hydrogens is 312 g/mol. The number of carbonyl (C=O) groups is 2. The third-order valence-corrected chi connectivity index (χ3v) is 4.43. The van der Waals surface area contributed by atoms with Gasteiger partial charge >= 0.3 is 0 Å². The molecule has 0 atom stereocenters. The quantitative estimate of drug-likeness (QED) is 0.802. The number of benzene rings is 1. The number of nitrogens with one attached hydrogen (secondary N) is 1. The molecule has 0 aromatic heterocycles. The lowest BCUT2D eigenvalue weighted by Crippen LogP contribution is -2.56. The van der Waals surface area contributed by atoms with Crippen LogP contribution >= 0.6 is 0 Å². The Hall–Kier alpha value is -2.10. The summed E-state index contributed by atoms with van der Waals surface area (Å²) < 4.78 is 0. The third-order valence-electron chi connectivity index (χ3n) is 4.43. The van der Waals surface area contributed by atoms with Crippen LogP contribution in [0.4, 0.5) is 0 Å². The fraction of sp³-hybridized carbons (Fsp3) is 0.524. The first-order valence-corrected chi connectivity index (χ1v) is 9.20. The van der Waals surface area contributed by atoms with Crippen LogP contribution in [0.25, 0.3) is 0 Å². The largest absolute Gasteiger partial charge is 0.272 e. The molecule has 136 valence electrons. The second kappa shape index (κ2) is 8.32. The number of nitrogens with zero attached hydrogens (tertiary/aromatic N) is 1. The highest BCUT2D eigenvalue weighted by molar-refractivity contribution is 5.99. The highest BCUT2D eigenvalue weighted by atomic mass is 16.2. The number of hydrogen-bond donors (Lipinski definition) is 1. The van der Waals surface area contributed by atoms with Crippen molar-refractivity contribution in [1.29, 1.82) is 0 Å². The normalized spacial score (nSPS) is 17.7. The van der Waals surface area contributed by atoms with Crippen molar-refractivity contribution in [2.45, 2.75) is 71.8 Å². The SMILES string of the molecule is Cc1cccc(C(=O)N(NC(=O)/C2=C/CCCCCC2)C(C)(C)C)c1. The van der Waals surface area contributed by atoms with Gasteiger partial charge in [-0.2, -0.15) is 0 Å². The molecule has 0 radical (unpaired) electrons. The molecule has 4 nitrogen and oxygen atoms in total. The molecular formula is C21H30N2O2. The van der Waals surface area contributed by atoms with Crippen LogP contribution in [0.15, 0.2) is 35.9 Å². The van der Waals surface area contributed by atoms with Crippen LogP contribution in [0.2, 0.25) is 0 Å². The zero-order chi connectivity index (χ0) is 18.4. The predicted molar refractivity (Wildman–Crippen MR) is 101 cm³/mol. The number of hydrogen-bond acceptors (Lipinski definition) is 2. The maximum Gasteiger partial charge on any atom is 0.272 e. The van der Waals surface area contributed by atoms with Gasteiger partial charge in [-0.15, -0.1) is 0 Å². The summed E-state index contributed by atoms with van der Waals surface area (Å²) >= 11 is 0. The van der Waals surface area contributed by atoms with Crippen molar-refractivity contribution in [3.8, 4) is 0 Å². The lowest BCUT2D eigenvalue weighted by molar-refractivity contribution is -0.123. The monoisotopic (exact) mass is 342 g/mol. The van der Waals surface area contributed by atoms with Crippen LogP contribution in [-0.2, 0) is 4.79 Å². The Kier molecular flexibility index (Phi) is 6.40. The molecule has 0 heterocycles. The van der Waals surface area contributed by atoms with E-state index in [4.69, 9.17) is 0 Å². The first-order valence-electron chi connectivity index (χ1n) is 9.20. The molecule has 1 aromatic carbocycles. The number of aryl methyl sites for hydroxylation is 1. The summed E-state index contributed by atoms with van der Waals surface area (Å²) in [6, 6.07) is 7.45. The molecule has 0 saturated carbocycles. The summed E-state index contributed by atoms with van der Waals surface area (Å²) in [5.41, 5.74) is 4.76. The molecule has 4 heteroatoms. The van der Waals surface area contributed by atoms with E-state index in [1.807, 2.05) is 52.0 Å². The third kappa shape index (κ3) is 5.45. The lowest BCUT2D eigenvalue weighted by atomic mass is 9.99. The van der Waals surface area contributed by atoms with Crippen LogP contribution in [-0.4, -0.2) is 22.4 Å². The molecule has 25 heavy (non-hydrogen) atoms. The van der Waals surface area contributed by atoms with Crippen molar-refractivity contribution in [2.75, 3.05) is 0 Å². The summed E-state index contributed by atoms with van der Waals surface area (Å²) in [5, 5.41) is 1.46. The molecule has 1 aliphatic rings. The molecule has 0 fully saturated rings. The van der Waals surface area contributed by atoms with Crippen molar-refractivity contribution in [3.63, 3.8) is 0 Å². The molecule has 0 unspecified atom stereocenters. The van der Waals surface area contributed by atoms with Gasteiger partial charge in [-0.25, -0.2) is 5.01 Å². The zero-order valence-corrected chi connectivity index (χ0v) is 15.9. The minimum atomic E-state index is -0.515. The average Bonchev–Trinajstić information content (AvgIpc) is 2.50. The van der Waals surface area contributed by atoms with E-state index >= 15 is 0 Å². The Morgan fingerprint density at radius 2 is 1.80 bits per heavy atom. The van der Waals surface area contributed by atoms with Crippen LogP contribution < -0.4 is 5.43 Å². The Balaban J connectivity index is 2.20. The first-order chi connectivity index (χ1) is 11.8. The van der Waals surface area contributed by atoms with Gasteiger partial charge in [0, 0.05) is 11.1 Å². The summed E-state index contributed by atoms with van der Waals surface area (Å²) in [6.45, 7) is 7.73. The van der Waals surface area contributed by atoms with Gasteiger partial charge in [0.05, 0.1) is 5.54 Å². The van der Waals surface area contributed by atoms with Gasteiger partial charge in [-0.05, 0) is 65.5 Å². The number of rotatable bonds is 2. The minimum absolute atomic E-state index is 0.155. The topological polar surface area (TPSA) is 49.4 Å². The van der Waals surface area contributed by atoms with E-state index in [0.717, 1.165) is 43.2 Å². The molecule has 0 bridgehead atoms. The van der Waals surface area contributed by atoms with Gasteiger partial charge in [0.1, 0.15) is 0 Å². The average molecular weight is 342 g/mol. The van der Waals surface area contributed by atoms with E-state index in [0.29, 0.717) is 5.56 Å². The van der Waals surface area contributed by atoms with E-state index in [2.05, 4.69) is 5.43 Å². The molecule has 0 spiro atoms. The maximum atomic E-state index is 13.0. The fourth-order valence-electron chi connectivity index (χ4n) is 3.00. The van der Waals surface area contributed by atoms with Gasteiger partial charge in [0.2, 0.25) is 0 Å². The summed E-state index contributed by atoms with van der Waals surface area (Å²) in [4.78, 5) is 25.7. The summed E-state index contributed by atoms with van der Waals surface area (Å²) in [7, 11) is 0. The van der Waals surface area contributed by atoms with Gasteiger partial charge in [0.15, 0.2) is 0 Å². The van der Waals surface area contributed by atoms with E-state index < -0.39 is 5.54 Å². The van der Waals surface area contributed by atoms with Crippen LogP contribution in [0, 0.1) is 6.92 Å². The maximum absolute atomic E-state index is 13.0. The van der Waals surface area contributed by atoms with E-state index in [9.17, 15) is 9.59 Å². The van der Waals surface area contributed by atoms with Crippen molar-refractivity contribution >= 4 is 11.8 Å². The number of carbonyl (C=O) groups excluding carboxylic acids is 2. The number of hydrazine groups is 1. The standard InChI is InChI=1S/C21H30N2O2/c1-16-11-10-14-18(15-16)20(25)23(21(2,3)4)22-19(24)17-12-8-6-5-7-9-13-17/h10-12,14-15H,5-9,13H2,1-4H3,(H,22,24)/b17-12+. The van der Waals surface area contributed by atoms with Crippen molar-refractivity contribution in [1.82, 2.24) is 10.4 Å². The van der Waals surface area contributed by atoms with Crippen LogP contribution in [0.1, 0.15) is 75.2 Å². The van der Waals surface area contributed by atoms with Gasteiger partial charge in [0.25, 0.3) is 11.8 Å². The van der Waals surface area contributed by atoms with E-state index in [1.165, 1.54) is 11.4 Å². The van der Waals surface area contributed by atoms with Crippen LogP contribution in [0.5, 0.6) is 0 Å². The highest BCUT2D eigenvalue weighted by Crippen LogP contribution is 2.20. The van der Waals surface area contributed by atoms with Crippen molar-refractivity contribution < 1.29 is 9.59 Å². The molecule has 2 amide bonds. The van der Waals surface area contributed by atoms with E-state index in [-0.39, 0.29) is 11.8 Å². The minimum Gasteiger partial charge on any atom is -0.268 e. The first kappa shape index (κ1) is 19.2. The Labute approximate surface area is 151 Å². The Bertz CT molecular complexity index is 656. The zero-order valence-electron chi connectivity index (χ0n) is 15.9. The number of allylic oxidation sites excluding steroid dienone is 1. The lowest BCUT2D eigenvalue weighted by Gasteiger charge is -2.36. The van der Waals surface area contributed by atoms with Gasteiger partial charge in [-0.3, -0.25) is 15.0 Å². The Morgan fingerprint density at radius 3 is 2.48 bits per heavy atom. The molecule has 1 N–H and O–H groups in total. The Morgan fingerprint density at radius 1 is 1.08 bits per heavy atom. The smallest absolute Gasteiger partial charge is 0.268 e. The second-order valence-electron chi connectivity index (χ2n) is 7.80.